The fourth-order valence-corrected chi connectivity index (χ4v) is 2.80. The van der Waals surface area contributed by atoms with Gasteiger partial charge in [-0.1, -0.05) is 36.4 Å². The van der Waals surface area contributed by atoms with Crippen molar-refractivity contribution in [2.24, 2.45) is 0 Å². The minimum absolute atomic E-state index is 0.0744. The number of hydrogen-bond acceptors (Lipinski definition) is 5. The molecule has 0 atom stereocenters. The van der Waals surface area contributed by atoms with Gasteiger partial charge in [0.15, 0.2) is 11.5 Å². The molecule has 0 radical (unpaired) electrons. The monoisotopic (exact) mass is 377 g/mol. The fourth-order valence-electron chi connectivity index (χ4n) is 2.80. The molecule has 0 fully saturated rings. The summed E-state index contributed by atoms with van der Waals surface area (Å²) in [6.45, 7) is 5.19. The third kappa shape index (κ3) is 4.83. The summed E-state index contributed by atoms with van der Waals surface area (Å²) in [5, 5.41) is 12.3. The van der Waals surface area contributed by atoms with Crippen LogP contribution in [-0.2, 0) is 17.9 Å². The number of carbonyl (C=O) groups excluding carboxylic acids is 1. The molecule has 1 aliphatic rings. The van der Waals surface area contributed by atoms with Crippen molar-refractivity contribution in [2.75, 3.05) is 6.79 Å². The lowest BCUT2D eigenvalue weighted by molar-refractivity contribution is -0.117. The number of carbonyl (C=O) groups is 1. The number of rotatable bonds is 7. The van der Waals surface area contributed by atoms with Gasteiger partial charge < -0.3 is 19.7 Å². The molecule has 144 valence electrons. The molecule has 3 rings (SSSR count). The van der Waals surface area contributed by atoms with Crippen LogP contribution < -0.4 is 14.8 Å². The van der Waals surface area contributed by atoms with Gasteiger partial charge >= 0.3 is 0 Å². The Morgan fingerprint density at radius 2 is 1.93 bits per heavy atom. The van der Waals surface area contributed by atoms with Gasteiger partial charge in [0.1, 0.15) is 11.6 Å². The van der Waals surface area contributed by atoms with Gasteiger partial charge in [-0.15, -0.1) is 0 Å². The Bertz CT molecular complexity index is 901. The average Bonchev–Trinajstić information content (AvgIpc) is 3.17. The zero-order valence-corrected chi connectivity index (χ0v) is 16.0. The smallest absolute Gasteiger partial charge is 0.263 e. The van der Waals surface area contributed by atoms with Crippen LogP contribution in [0.3, 0.4) is 0 Å². The van der Waals surface area contributed by atoms with E-state index < -0.39 is 5.91 Å². The lowest BCUT2D eigenvalue weighted by Crippen LogP contribution is -2.29. The van der Waals surface area contributed by atoms with Crippen LogP contribution in [0.4, 0.5) is 0 Å². The molecular weight excluding hydrogens is 354 g/mol. The van der Waals surface area contributed by atoms with Crippen LogP contribution in [-0.4, -0.2) is 23.6 Å². The molecule has 0 spiro atoms. The maximum Gasteiger partial charge on any atom is 0.263 e. The fraction of sp³-hybridized carbons (Fsp3) is 0.273. The van der Waals surface area contributed by atoms with Crippen LogP contribution in [0.15, 0.2) is 60.3 Å². The van der Waals surface area contributed by atoms with Gasteiger partial charge in [-0.3, -0.25) is 4.79 Å². The van der Waals surface area contributed by atoms with Crippen LogP contribution >= 0.6 is 0 Å². The van der Waals surface area contributed by atoms with Gasteiger partial charge in [-0.25, -0.2) is 0 Å². The lowest BCUT2D eigenvalue weighted by Gasteiger charge is -2.25. The van der Waals surface area contributed by atoms with Crippen LogP contribution in [0.25, 0.3) is 0 Å². The van der Waals surface area contributed by atoms with Crippen molar-refractivity contribution in [3.05, 3.63) is 71.4 Å². The minimum atomic E-state index is -0.404. The standard InChI is InChI=1S/C22H23N3O3/c1-16(2)25(13-17-6-4-3-5-7-17)14-19(11-23)22(26)24-12-18-8-9-20-21(10-18)28-15-27-20/h3-10,14,16H,12-13,15H2,1-2H3,(H,24,26)/b19-14-. The SMILES string of the molecule is CC(C)N(/C=C(/C#N)C(=O)NCc1ccc2c(c1)OCO2)Cc1ccccc1. The number of nitriles is 1. The van der Waals surface area contributed by atoms with Crippen molar-refractivity contribution >= 4 is 5.91 Å². The van der Waals surface area contributed by atoms with Gasteiger partial charge in [-0.2, -0.15) is 5.26 Å². The summed E-state index contributed by atoms with van der Waals surface area (Å²) in [4.78, 5) is 14.5. The predicted molar refractivity (Wildman–Crippen MR) is 105 cm³/mol. The van der Waals surface area contributed by atoms with E-state index in [-0.39, 0.29) is 18.4 Å². The molecular formula is C22H23N3O3. The first-order valence-corrected chi connectivity index (χ1v) is 9.15. The number of nitrogens with one attached hydrogen (secondary N) is 1. The van der Waals surface area contributed by atoms with Crippen LogP contribution in [0.2, 0.25) is 0 Å². The quantitative estimate of drug-likeness (QED) is 0.592. The Balaban J connectivity index is 1.66. The number of fused-ring (bicyclic) bond motifs is 1. The number of benzene rings is 2. The van der Waals surface area contributed by atoms with E-state index in [0.29, 0.717) is 24.6 Å². The van der Waals surface area contributed by atoms with E-state index in [1.165, 1.54) is 0 Å². The largest absolute Gasteiger partial charge is 0.454 e. The molecule has 2 aromatic carbocycles. The van der Waals surface area contributed by atoms with Crippen LogP contribution in [0, 0.1) is 11.3 Å². The van der Waals surface area contributed by atoms with Crippen molar-refractivity contribution in [3.8, 4) is 17.6 Å². The first kappa shape index (κ1) is 19.3. The van der Waals surface area contributed by atoms with Gasteiger partial charge in [0.05, 0.1) is 0 Å². The number of nitrogens with zero attached hydrogens (tertiary/aromatic N) is 2. The molecule has 0 saturated heterocycles. The molecule has 1 N–H and O–H groups in total. The first-order chi connectivity index (χ1) is 13.6. The Morgan fingerprint density at radius 1 is 1.18 bits per heavy atom. The molecule has 2 aromatic rings. The predicted octanol–water partition coefficient (Wildman–Crippen LogP) is 3.35. The second kappa shape index (κ2) is 8.96. The molecule has 1 aliphatic heterocycles. The molecule has 0 aliphatic carbocycles. The highest BCUT2D eigenvalue weighted by Gasteiger charge is 2.16. The van der Waals surface area contributed by atoms with E-state index in [1.54, 1.807) is 6.20 Å². The summed E-state index contributed by atoms with van der Waals surface area (Å²) in [6.07, 6.45) is 1.63. The van der Waals surface area contributed by atoms with Crippen LogP contribution in [0.1, 0.15) is 25.0 Å². The Labute approximate surface area is 165 Å². The number of ether oxygens (including phenoxy) is 2. The van der Waals surface area contributed by atoms with Gasteiger partial charge in [-0.05, 0) is 37.1 Å². The molecule has 28 heavy (non-hydrogen) atoms. The molecule has 0 bridgehead atoms. The lowest BCUT2D eigenvalue weighted by atomic mass is 10.1. The molecule has 0 saturated carbocycles. The highest BCUT2D eigenvalue weighted by molar-refractivity contribution is 5.97. The zero-order valence-electron chi connectivity index (χ0n) is 16.0. The summed E-state index contributed by atoms with van der Waals surface area (Å²) in [7, 11) is 0. The summed E-state index contributed by atoms with van der Waals surface area (Å²) >= 11 is 0. The van der Waals surface area contributed by atoms with E-state index in [1.807, 2.05) is 73.3 Å². The first-order valence-electron chi connectivity index (χ1n) is 9.15. The summed E-state index contributed by atoms with van der Waals surface area (Å²) in [5.41, 5.74) is 2.07. The molecule has 0 unspecified atom stereocenters. The molecule has 1 amide bonds. The van der Waals surface area contributed by atoms with E-state index in [2.05, 4.69) is 5.32 Å². The number of hydrogen-bond donors (Lipinski definition) is 1. The van der Waals surface area contributed by atoms with Crippen molar-refractivity contribution in [2.45, 2.75) is 33.0 Å². The maximum atomic E-state index is 12.5. The second-order valence-electron chi connectivity index (χ2n) is 6.78. The Hall–Kier alpha value is -3.46. The highest BCUT2D eigenvalue weighted by atomic mass is 16.7. The van der Waals surface area contributed by atoms with Crippen molar-refractivity contribution in [1.29, 1.82) is 5.26 Å². The van der Waals surface area contributed by atoms with E-state index in [0.717, 1.165) is 11.1 Å². The van der Waals surface area contributed by atoms with Gasteiger partial charge in [0.2, 0.25) is 6.79 Å². The summed E-state index contributed by atoms with van der Waals surface area (Å²) in [6, 6.07) is 17.6. The third-order valence-corrected chi connectivity index (χ3v) is 4.42. The maximum absolute atomic E-state index is 12.5. The summed E-state index contributed by atoms with van der Waals surface area (Å²) in [5.74, 6) is 0.955. The van der Waals surface area contributed by atoms with Crippen molar-refractivity contribution < 1.29 is 14.3 Å². The van der Waals surface area contributed by atoms with Crippen molar-refractivity contribution in [3.63, 3.8) is 0 Å². The summed E-state index contributed by atoms with van der Waals surface area (Å²) < 4.78 is 10.6. The van der Waals surface area contributed by atoms with E-state index in [9.17, 15) is 10.1 Å². The van der Waals surface area contributed by atoms with Crippen LogP contribution in [0.5, 0.6) is 11.5 Å². The molecule has 1 heterocycles. The Morgan fingerprint density at radius 3 is 2.64 bits per heavy atom. The minimum Gasteiger partial charge on any atom is -0.454 e. The van der Waals surface area contributed by atoms with Gasteiger partial charge in [0.25, 0.3) is 5.91 Å². The molecule has 6 nitrogen and oxygen atoms in total. The highest BCUT2D eigenvalue weighted by Crippen LogP contribution is 2.32. The zero-order chi connectivity index (χ0) is 19.9. The topological polar surface area (TPSA) is 74.6 Å². The average molecular weight is 377 g/mol. The van der Waals surface area contributed by atoms with E-state index in [4.69, 9.17) is 9.47 Å². The molecule has 0 aromatic heterocycles. The molecule has 6 heteroatoms. The third-order valence-electron chi connectivity index (χ3n) is 4.42. The van der Waals surface area contributed by atoms with E-state index >= 15 is 0 Å². The van der Waals surface area contributed by atoms with Crippen molar-refractivity contribution in [1.82, 2.24) is 10.2 Å². The second-order valence-corrected chi connectivity index (χ2v) is 6.78. The van der Waals surface area contributed by atoms with Gasteiger partial charge in [0, 0.05) is 25.3 Å². The normalized spacial score (nSPS) is 12.6. The Kier molecular flexibility index (Phi) is 6.18. The number of amides is 1.